The standard InChI is InChI=1S/C26H32N2O8/c1-7-36-26(31)28-16(2)11-20(19-13-22(32-3)23(33-4)14-21(19)28)27(25(30)35-6)15-17-9-8-10-18(12-17)24(29)34-5/h8-10,12-14,16,20H,7,11,15H2,1-6H3/t16-,20+/m0/s1. The van der Waals surface area contributed by atoms with E-state index in [1.807, 2.05) is 13.0 Å². The number of carbonyl (C=O) groups excluding carboxylic acids is 3. The van der Waals surface area contributed by atoms with E-state index in [-0.39, 0.29) is 19.2 Å². The highest BCUT2D eigenvalue weighted by molar-refractivity contribution is 5.91. The molecule has 2 amide bonds. The third kappa shape index (κ3) is 5.32. The predicted molar refractivity (Wildman–Crippen MR) is 132 cm³/mol. The van der Waals surface area contributed by atoms with Crippen molar-refractivity contribution in [2.24, 2.45) is 0 Å². The Morgan fingerprint density at radius 3 is 2.31 bits per heavy atom. The molecule has 0 unspecified atom stereocenters. The van der Waals surface area contributed by atoms with Crippen LogP contribution in [0.3, 0.4) is 0 Å². The van der Waals surface area contributed by atoms with Crippen molar-refractivity contribution >= 4 is 23.8 Å². The number of anilines is 1. The fourth-order valence-electron chi connectivity index (χ4n) is 4.45. The molecule has 2 atom stereocenters. The number of benzene rings is 2. The van der Waals surface area contributed by atoms with Crippen LogP contribution < -0.4 is 14.4 Å². The number of ether oxygens (including phenoxy) is 5. The van der Waals surface area contributed by atoms with Gasteiger partial charge >= 0.3 is 18.2 Å². The Morgan fingerprint density at radius 2 is 1.69 bits per heavy atom. The summed E-state index contributed by atoms with van der Waals surface area (Å²) in [6.45, 7) is 4.00. The van der Waals surface area contributed by atoms with Crippen molar-refractivity contribution in [3.63, 3.8) is 0 Å². The maximum Gasteiger partial charge on any atom is 0.414 e. The molecule has 0 saturated carbocycles. The number of nitrogens with zero attached hydrogens (tertiary/aromatic N) is 2. The summed E-state index contributed by atoms with van der Waals surface area (Å²) in [6, 6.07) is 9.54. The Morgan fingerprint density at radius 1 is 1.00 bits per heavy atom. The first-order valence-corrected chi connectivity index (χ1v) is 11.5. The first-order valence-electron chi connectivity index (χ1n) is 11.5. The number of hydrogen-bond acceptors (Lipinski definition) is 8. The molecule has 194 valence electrons. The van der Waals surface area contributed by atoms with Crippen molar-refractivity contribution in [2.45, 2.75) is 38.9 Å². The molecule has 10 heteroatoms. The molecule has 0 saturated heterocycles. The lowest BCUT2D eigenvalue weighted by Gasteiger charge is -2.42. The molecule has 3 rings (SSSR count). The minimum absolute atomic E-state index is 0.155. The number of rotatable bonds is 7. The van der Waals surface area contributed by atoms with Crippen molar-refractivity contribution in [2.75, 3.05) is 39.9 Å². The number of fused-ring (bicyclic) bond motifs is 1. The van der Waals surface area contributed by atoms with Gasteiger partial charge in [-0.1, -0.05) is 12.1 Å². The van der Waals surface area contributed by atoms with Gasteiger partial charge in [0, 0.05) is 24.2 Å². The fourth-order valence-corrected chi connectivity index (χ4v) is 4.45. The third-order valence-electron chi connectivity index (χ3n) is 6.11. The maximum absolute atomic E-state index is 13.1. The summed E-state index contributed by atoms with van der Waals surface area (Å²) in [5, 5.41) is 0. The van der Waals surface area contributed by atoms with E-state index in [2.05, 4.69) is 0 Å². The highest BCUT2D eigenvalue weighted by Crippen LogP contribution is 2.46. The molecule has 0 bridgehead atoms. The van der Waals surface area contributed by atoms with E-state index in [4.69, 9.17) is 23.7 Å². The van der Waals surface area contributed by atoms with Crippen molar-refractivity contribution in [3.05, 3.63) is 53.1 Å². The van der Waals surface area contributed by atoms with Gasteiger partial charge in [0.15, 0.2) is 11.5 Å². The lowest BCUT2D eigenvalue weighted by molar-refractivity contribution is 0.0600. The molecule has 10 nitrogen and oxygen atoms in total. The molecular weight excluding hydrogens is 468 g/mol. The Kier molecular flexibility index (Phi) is 8.63. The van der Waals surface area contributed by atoms with Crippen LogP contribution in [0.25, 0.3) is 0 Å². The van der Waals surface area contributed by atoms with Crippen LogP contribution in [-0.4, -0.2) is 64.1 Å². The Labute approximate surface area is 210 Å². The van der Waals surface area contributed by atoms with Crippen LogP contribution in [-0.2, 0) is 20.8 Å². The van der Waals surface area contributed by atoms with Crippen molar-refractivity contribution < 1.29 is 38.1 Å². The Bertz CT molecular complexity index is 1120. The van der Waals surface area contributed by atoms with Gasteiger partial charge in [0.25, 0.3) is 0 Å². The molecule has 0 spiro atoms. The van der Waals surface area contributed by atoms with Gasteiger partial charge in [-0.25, -0.2) is 14.4 Å². The number of amides is 2. The zero-order chi connectivity index (χ0) is 26.4. The summed E-state index contributed by atoms with van der Waals surface area (Å²) in [5.41, 5.74) is 2.31. The fraction of sp³-hybridized carbons (Fsp3) is 0.423. The van der Waals surface area contributed by atoms with Gasteiger partial charge in [-0.2, -0.15) is 0 Å². The van der Waals surface area contributed by atoms with Crippen molar-refractivity contribution in [1.29, 1.82) is 0 Å². The SMILES string of the molecule is CCOC(=O)N1c2cc(OC)c(OC)cc2[C@H](N(Cc2cccc(C(=O)OC)c2)C(=O)OC)C[C@@H]1C. The van der Waals surface area contributed by atoms with E-state index in [1.165, 1.54) is 28.4 Å². The van der Waals surface area contributed by atoms with Crippen LogP contribution in [0.4, 0.5) is 15.3 Å². The van der Waals surface area contributed by atoms with E-state index in [1.54, 1.807) is 47.1 Å². The van der Waals surface area contributed by atoms with E-state index >= 15 is 0 Å². The van der Waals surface area contributed by atoms with Gasteiger partial charge in [-0.05, 0) is 44.0 Å². The summed E-state index contributed by atoms with van der Waals surface area (Å²) in [5.74, 6) is 0.422. The summed E-state index contributed by atoms with van der Waals surface area (Å²) in [4.78, 5) is 41.1. The molecule has 0 N–H and O–H groups in total. The maximum atomic E-state index is 13.1. The minimum atomic E-state index is -0.555. The van der Waals surface area contributed by atoms with Crippen LogP contribution >= 0.6 is 0 Å². The van der Waals surface area contributed by atoms with Gasteiger partial charge in [0.05, 0.1) is 52.3 Å². The first kappa shape index (κ1) is 26.7. The van der Waals surface area contributed by atoms with Gasteiger partial charge in [-0.15, -0.1) is 0 Å². The molecule has 1 heterocycles. The second-order valence-electron chi connectivity index (χ2n) is 8.23. The van der Waals surface area contributed by atoms with E-state index in [0.717, 1.165) is 0 Å². The number of hydrogen-bond donors (Lipinski definition) is 0. The van der Waals surface area contributed by atoms with Gasteiger partial charge in [-0.3, -0.25) is 9.80 Å². The molecule has 0 radical (unpaired) electrons. The molecule has 36 heavy (non-hydrogen) atoms. The molecule has 1 aliphatic rings. The first-order chi connectivity index (χ1) is 17.3. The molecule has 1 aliphatic heterocycles. The second kappa shape index (κ2) is 11.7. The zero-order valence-corrected chi connectivity index (χ0v) is 21.4. The normalized spacial score (nSPS) is 16.4. The number of esters is 1. The predicted octanol–water partition coefficient (Wildman–Crippen LogP) is 4.56. The molecule has 0 aromatic heterocycles. The average Bonchev–Trinajstić information content (AvgIpc) is 2.89. The van der Waals surface area contributed by atoms with Crippen molar-refractivity contribution in [1.82, 2.24) is 4.90 Å². The highest BCUT2D eigenvalue weighted by Gasteiger charge is 2.40. The summed E-state index contributed by atoms with van der Waals surface area (Å²) in [6.07, 6.45) is -0.638. The summed E-state index contributed by atoms with van der Waals surface area (Å²) >= 11 is 0. The average molecular weight is 501 g/mol. The molecule has 2 aromatic carbocycles. The van der Waals surface area contributed by atoms with Gasteiger partial charge in [0.2, 0.25) is 0 Å². The van der Waals surface area contributed by atoms with Gasteiger partial charge < -0.3 is 23.7 Å². The monoisotopic (exact) mass is 500 g/mol. The number of methoxy groups -OCH3 is 4. The smallest absolute Gasteiger partial charge is 0.414 e. The van der Waals surface area contributed by atoms with E-state index in [9.17, 15) is 14.4 Å². The largest absolute Gasteiger partial charge is 0.493 e. The highest BCUT2D eigenvalue weighted by atomic mass is 16.6. The molecule has 0 fully saturated rings. The van der Waals surface area contributed by atoms with Crippen LogP contribution in [0, 0.1) is 0 Å². The topological polar surface area (TPSA) is 104 Å². The molecule has 0 aliphatic carbocycles. The number of carbonyl (C=O) groups is 3. The summed E-state index contributed by atoms with van der Waals surface area (Å²) < 4.78 is 26.3. The third-order valence-corrected chi connectivity index (χ3v) is 6.11. The lowest BCUT2D eigenvalue weighted by Crippen LogP contribution is -2.47. The van der Waals surface area contributed by atoms with E-state index < -0.39 is 24.2 Å². The lowest BCUT2D eigenvalue weighted by atomic mass is 9.90. The van der Waals surface area contributed by atoms with Crippen LogP contribution in [0.15, 0.2) is 36.4 Å². The van der Waals surface area contributed by atoms with Crippen LogP contribution in [0.1, 0.15) is 47.8 Å². The van der Waals surface area contributed by atoms with Gasteiger partial charge in [0.1, 0.15) is 0 Å². The molecule has 2 aromatic rings. The minimum Gasteiger partial charge on any atom is -0.493 e. The zero-order valence-electron chi connectivity index (χ0n) is 21.4. The van der Waals surface area contributed by atoms with Crippen LogP contribution in [0.2, 0.25) is 0 Å². The Balaban J connectivity index is 2.12. The second-order valence-corrected chi connectivity index (χ2v) is 8.23. The van der Waals surface area contributed by atoms with Crippen LogP contribution in [0.5, 0.6) is 11.5 Å². The van der Waals surface area contributed by atoms with E-state index in [0.29, 0.717) is 40.3 Å². The quantitative estimate of drug-likeness (QED) is 0.403. The Hall–Kier alpha value is -3.95. The molecular formula is C26H32N2O8. The van der Waals surface area contributed by atoms with Crippen molar-refractivity contribution in [3.8, 4) is 11.5 Å². The summed E-state index contributed by atoms with van der Waals surface area (Å²) in [7, 11) is 5.65.